The fourth-order valence-corrected chi connectivity index (χ4v) is 5.32. The highest BCUT2D eigenvalue weighted by atomic mass is 79.9. The zero-order valence-electron chi connectivity index (χ0n) is 10.8. The average Bonchev–Trinajstić information content (AvgIpc) is 2.95. The predicted octanol–water partition coefficient (Wildman–Crippen LogP) is 2.34. The molecule has 0 amide bonds. The van der Waals surface area contributed by atoms with Gasteiger partial charge in [-0.3, -0.25) is 0 Å². The van der Waals surface area contributed by atoms with Gasteiger partial charge in [0, 0.05) is 4.88 Å². The summed E-state index contributed by atoms with van der Waals surface area (Å²) >= 11 is 4.37. The largest absolute Gasteiger partial charge is 0.444 e. The van der Waals surface area contributed by atoms with E-state index in [0.717, 1.165) is 0 Å². The van der Waals surface area contributed by atoms with E-state index < -0.39 is 16.1 Å². The molecule has 2 rings (SSSR count). The molecule has 0 fully saturated rings. The maximum Gasteiger partial charge on any atom is 0.243 e. The van der Waals surface area contributed by atoms with Crippen LogP contribution in [0.15, 0.2) is 25.4 Å². The quantitative estimate of drug-likeness (QED) is 0.830. The van der Waals surface area contributed by atoms with Crippen LogP contribution in [-0.4, -0.2) is 18.5 Å². The summed E-state index contributed by atoms with van der Waals surface area (Å²) in [5.41, 5.74) is 0. The lowest BCUT2D eigenvalue weighted by molar-refractivity contribution is 0.285. The SMILES string of the molecule is Cc1cnc(C(C)NS(=O)(=O)c2cc(CO)sc2Br)o1. The second kappa shape index (κ2) is 5.94. The molecule has 0 bridgehead atoms. The van der Waals surface area contributed by atoms with Crippen LogP contribution in [-0.2, 0) is 16.6 Å². The van der Waals surface area contributed by atoms with E-state index in [9.17, 15) is 8.42 Å². The minimum atomic E-state index is -3.72. The van der Waals surface area contributed by atoms with Crippen molar-refractivity contribution in [3.63, 3.8) is 0 Å². The Morgan fingerprint density at radius 3 is 2.80 bits per heavy atom. The number of sulfonamides is 1. The van der Waals surface area contributed by atoms with Crippen molar-refractivity contribution < 1.29 is 17.9 Å². The molecule has 2 aromatic rings. The van der Waals surface area contributed by atoms with Crippen LogP contribution in [0.5, 0.6) is 0 Å². The summed E-state index contributed by atoms with van der Waals surface area (Å²) in [4.78, 5) is 4.66. The number of aliphatic hydroxyl groups excluding tert-OH is 1. The first kappa shape index (κ1) is 15.6. The monoisotopic (exact) mass is 380 g/mol. The van der Waals surface area contributed by atoms with Crippen molar-refractivity contribution in [2.24, 2.45) is 0 Å². The normalized spacial score (nSPS) is 13.6. The van der Waals surface area contributed by atoms with Crippen molar-refractivity contribution in [2.45, 2.75) is 31.4 Å². The number of thiophene rings is 1. The van der Waals surface area contributed by atoms with Crippen LogP contribution in [0.4, 0.5) is 0 Å². The molecular formula is C11H13BrN2O4S2. The van der Waals surface area contributed by atoms with Crippen LogP contribution in [0.3, 0.4) is 0 Å². The number of aliphatic hydroxyl groups is 1. The van der Waals surface area contributed by atoms with Gasteiger partial charge in [-0.15, -0.1) is 11.3 Å². The number of aryl methyl sites for hydroxylation is 1. The molecule has 1 atom stereocenters. The number of nitrogens with zero attached hydrogens (tertiary/aromatic N) is 1. The molecule has 20 heavy (non-hydrogen) atoms. The lowest BCUT2D eigenvalue weighted by atomic mass is 10.4. The first-order chi connectivity index (χ1) is 9.33. The van der Waals surface area contributed by atoms with Crippen molar-refractivity contribution in [2.75, 3.05) is 0 Å². The minimum Gasteiger partial charge on any atom is -0.444 e. The zero-order valence-corrected chi connectivity index (χ0v) is 14.0. The van der Waals surface area contributed by atoms with Gasteiger partial charge in [0.15, 0.2) is 0 Å². The summed E-state index contributed by atoms with van der Waals surface area (Å²) in [6, 6.07) is 0.850. The molecule has 0 spiro atoms. The van der Waals surface area contributed by atoms with Gasteiger partial charge >= 0.3 is 0 Å². The van der Waals surface area contributed by atoms with Gasteiger partial charge in [-0.25, -0.2) is 13.4 Å². The maximum absolute atomic E-state index is 12.3. The molecule has 2 N–H and O–H groups in total. The Hall–Kier alpha value is -0.740. The molecule has 0 aliphatic heterocycles. The fraction of sp³-hybridized carbons (Fsp3) is 0.364. The number of rotatable bonds is 5. The van der Waals surface area contributed by atoms with Crippen LogP contribution < -0.4 is 4.72 Å². The first-order valence-corrected chi connectivity index (χ1v) is 8.76. The summed E-state index contributed by atoms with van der Waals surface area (Å²) in [5.74, 6) is 0.921. The topological polar surface area (TPSA) is 92.4 Å². The van der Waals surface area contributed by atoms with Crippen LogP contribution >= 0.6 is 27.3 Å². The third-order valence-electron chi connectivity index (χ3n) is 2.49. The molecule has 0 saturated carbocycles. The van der Waals surface area contributed by atoms with E-state index in [2.05, 4.69) is 25.6 Å². The lowest BCUT2D eigenvalue weighted by Crippen LogP contribution is -2.27. The molecule has 0 aliphatic rings. The van der Waals surface area contributed by atoms with Crippen molar-refractivity contribution in [1.29, 1.82) is 0 Å². The van der Waals surface area contributed by atoms with Crippen molar-refractivity contribution >= 4 is 37.3 Å². The Balaban J connectivity index is 2.24. The van der Waals surface area contributed by atoms with Crippen molar-refractivity contribution in [3.8, 4) is 0 Å². The Morgan fingerprint density at radius 1 is 1.60 bits per heavy atom. The molecule has 110 valence electrons. The summed E-state index contributed by atoms with van der Waals surface area (Å²) in [7, 11) is -3.72. The Labute approximate surface area is 129 Å². The van der Waals surface area contributed by atoms with E-state index in [0.29, 0.717) is 20.3 Å². The van der Waals surface area contributed by atoms with Crippen LogP contribution in [0.2, 0.25) is 0 Å². The smallest absolute Gasteiger partial charge is 0.243 e. The molecular weight excluding hydrogens is 368 g/mol. The molecule has 1 unspecified atom stereocenters. The number of oxazole rings is 1. The second-order valence-corrected chi connectivity index (χ2v) is 8.30. The van der Waals surface area contributed by atoms with E-state index >= 15 is 0 Å². The molecule has 0 aliphatic carbocycles. The molecule has 2 aromatic heterocycles. The summed E-state index contributed by atoms with van der Waals surface area (Å²) in [6.45, 7) is 3.18. The standard InChI is InChI=1S/C11H13BrN2O4S2/c1-6-4-13-11(18-6)7(2)14-20(16,17)9-3-8(5-15)19-10(9)12/h3-4,7,14-15H,5H2,1-2H3. The molecule has 0 aromatic carbocycles. The Kier molecular flexibility index (Phi) is 4.65. The number of nitrogens with one attached hydrogen (secondary N) is 1. The van der Waals surface area contributed by atoms with E-state index in [1.54, 1.807) is 13.8 Å². The number of hydrogen-bond acceptors (Lipinski definition) is 6. The summed E-state index contributed by atoms with van der Waals surface area (Å²) < 4.78 is 32.8. The maximum atomic E-state index is 12.3. The third kappa shape index (κ3) is 3.29. The molecule has 0 saturated heterocycles. The number of aromatic nitrogens is 1. The van der Waals surface area contributed by atoms with E-state index in [1.807, 2.05) is 0 Å². The molecule has 2 heterocycles. The average molecular weight is 381 g/mol. The highest BCUT2D eigenvalue weighted by Crippen LogP contribution is 2.32. The van der Waals surface area contributed by atoms with Gasteiger partial charge in [0.25, 0.3) is 0 Å². The van der Waals surface area contributed by atoms with Crippen molar-refractivity contribution in [3.05, 3.63) is 32.6 Å². The number of hydrogen-bond donors (Lipinski definition) is 2. The van der Waals surface area contributed by atoms with Gasteiger partial charge in [-0.05, 0) is 35.8 Å². The van der Waals surface area contributed by atoms with Gasteiger partial charge in [0.05, 0.1) is 22.6 Å². The summed E-state index contributed by atoms with van der Waals surface area (Å²) in [6.07, 6.45) is 1.53. The van der Waals surface area contributed by atoms with E-state index in [4.69, 9.17) is 9.52 Å². The second-order valence-electron chi connectivity index (χ2n) is 4.16. The number of halogens is 1. The summed E-state index contributed by atoms with van der Waals surface area (Å²) in [5, 5.41) is 9.05. The van der Waals surface area contributed by atoms with Gasteiger partial charge in [-0.2, -0.15) is 4.72 Å². The fourth-order valence-electron chi connectivity index (χ4n) is 1.58. The van der Waals surface area contributed by atoms with Crippen LogP contribution in [0.25, 0.3) is 0 Å². The third-order valence-corrected chi connectivity index (χ3v) is 6.27. The zero-order chi connectivity index (χ0) is 14.9. The highest BCUT2D eigenvalue weighted by molar-refractivity contribution is 9.11. The lowest BCUT2D eigenvalue weighted by Gasteiger charge is -2.10. The van der Waals surface area contributed by atoms with E-state index in [-0.39, 0.29) is 11.5 Å². The van der Waals surface area contributed by atoms with Gasteiger partial charge < -0.3 is 9.52 Å². The van der Waals surface area contributed by atoms with E-state index in [1.165, 1.54) is 23.6 Å². The molecule has 0 radical (unpaired) electrons. The minimum absolute atomic E-state index is 0.0988. The van der Waals surface area contributed by atoms with Crippen molar-refractivity contribution in [1.82, 2.24) is 9.71 Å². The van der Waals surface area contributed by atoms with Gasteiger partial charge in [0.1, 0.15) is 10.7 Å². The Bertz CT molecular complexity index is 708. The first-order valence-electron chi connectivity index (χ1n) is 5.67. The molecule has 9 heteroatoms. The Morgan fingerprint density at radius 2 is 2.30 bits per heavy atom. The van der Waals surface area contributed by atoms with Gasteiger partial charge in [-0.1, -0.05) is 0 Å². The molecule has 6 nitrogen and oxygen atoms in total. The van der Waals surface area contributed by atoms with Crippen LogP contribution in [0, 0.1) is 6.92 Å². The highest BCUT2D eigenvalue weighted by Gasteiger charge is 2.25. The van der Waals surface area contributed by atoms with Gasteiger partial charge in [0.2, 0.25) is 15.9 Å². The van der Waals surface area contributed by atoms with Crippen LogP contribution in [0.1, 0.15) is 29.5 Å². The predicted molar refractivity (Wildman–Crippen MR) is 77.9 cm³/mol.